The molecule has 3 aromatic rings. The third-order valence-corrected chi connectivity index (χ3v) is 3.32. The molecule has 106 valence electrons. The van der Waals surface area contributed by atoms with Gasteiger partial charge in [0.25, 0.3) is 0 Å². The maximum atomic E-state index is 9.22. The molecule has 0 saturated carbocycles. The lowest BCUT2D eigenvalue weighted by atomic mass is 10.0. The minimum Gasteiger partial charge on any atom is -0.455 e. The summed E-state index contributed by atoms with van der Waals surface area (Å²) >= 11 is 0. The normalized spacial score (nSPS) is 9.95. The molecular formula is C19H14N2O. The predicted molar refractivity (Wildman–Crippen MR) is 87.5 cm³/mol. The molecule has 0 aliphatic carbocycles. The molecule has 0 saturated heterocycles. The summed E-state index contributed by atoms with van der Waals surface area (Å²) in [5, 5.41) is 9.22. The van der Waals surface area contributed by atoms with Gasteiger partial charge < -0.3 is 10.5 Å². The average Bonchev–Trinajstić information content (AvgIpc) is 2.57. The van der Waals surface area contributed by atoms with Gasteiger partial charge in [0.05, 0.1) is 5.56 Å². The van der Waals surface area contributed by atoms with E-state index >= 15 is 0 Å². The maximum absolute atomic E-state index is 9.22. The number of anilines is 1. The van der Waals surface area contributed by atoms with Crippen LogP contribution in [0.4, 0.5) is 5.69 Å². The number of nitriles is 1. The van der Waals surface area contributed by atoms with Crippen LogP contribution in [0.3, 0.4) is 0 Å². The van der Waals surface area contributed by atoms with Gasteiger partial charge in [0, 0.05) is 11.3 Å². The molecule has 0 heterocycles. The van der Waals surface area contributed by atoms with E-state index in [4.69, 9.17) is 10.5 Å². The largest absolute Gasteiger partial charge is 0.455 e. The zero-order chi connectivity index (χ0) is 15.4. The van der Waals surface area contributed by atoms with Gasteiger partial charge in [-0.2, -0.15) is 5.26 Å². The van der Waals surface area contributed by atoms with Gasteiger partial charge in [-0.05, 0) is 29.8 Å². The van der Waals surface area contributed by atoms with Gasteiger partial charge in [0.1, 0.15) is 17.6 Å². The van der Waals surface area contributed by atoms with Crippen molar-refractivity contribution in [1.29, 1.82) is 5.26 Å². The molecule has 0 atom stereocenters. The van der Waals surface area contributed by atoms with Crippen LogP contribution in [0, 0.1) is 11.3 Å². The molecule has 0 fully saturated rings. The number of nitrogens with zero attached hydrogens (tertiary/aromatic N) is 1. The Hall–Kier alpha value is -3.25. The van der Waals surface area contributed by atoms with Gasteiger partial charge in [-0.3, -0.25) is 0 Å². The molecule has 3 aromatic carbocycles. The van der Waals surface area contributed by atoms with E-state index in [1.165, 1.54) is 0 Å². The second-order valence-corrected chi connectivity index (χ2v) is 4.83. The van der Waals surface area contributed by atoms with Gasteiger partial charge in [-0.1, -0.05) is 48.5 Å². The summed E-state index contributed by atoms with van der Waals surface area (Å²) in [5.74, 6) is 1.20. The fraction of sp³-hybridized carbons (Fsp3) is 0. The molecule has 22 heavy (non-hydrogen) atoms. The number of ether oxygens (including phenoxy) is 1. The van der Waals surface area contributed by atoms with Crippen LogP contribution in [0.25, 0.3) is 11.1 Å². The number of para-hydroxylation sites is 1. The molecule has 0 unspecified atom stereocenters. The lowest BCUT2D eigenvalue weighted by Gasteiger charge is -2.12. The minimum atomic E-state index is 0.419. The highest BCUT2D eigenvalue weighted by Crippen LogP contribution is 2.34. The van der Waals surface area contributed by atoms with Crippen molar-refractivity contribution < 1.29 is 4.74 Å². The summed E-state index contributed by atoms with van der Waals surface area (Å²) in [6.07, 6.45) is 0. The van der Waals surface area contributed by atoms with Crippen LogP contribution in [0.1, 0.15) is 5.56 Å². The number of nitrogen functional groups attached to an aromatic ring is 1. The third kappa shape index (κ3) is 2.77. The first kappa shape index (κ1) is 13.7. The van der Waals surface area contributed by atoms with Gasteiger partial charge in [-0.25, -0.2) is 0 Å². The maximum Gasteiger partial charge on any atom is 0.145 e. The number of hydrogen-bond donors (Lipinski definition) is 1. The highest BCUT2D eigenvalue weighted by Gasteiger charge is 2.09. The summed E-state index contributed by atoms with van der Waals surface area (Å²) in [5.41, 5.74) is 8.71. The summed E-state index contributed by atoms with van der Waals surface area (Å²) in [4.78, 5) is 0. The van der Waals surface area contributed by atoms with Crippen LogP contribution in [0.2, 0.25) is 0 Å². The number of nitrogens with two attached hydrogens (primary N) is 1. The molecule has 3 rings (SSSR count). The Morgan fingerprint density at radius 2 is 1.55 bits per heavy atom. The first-order valence-electron chi connectivity index (χ1n) is 6.90. The zero-order valence-electron chi connectivity index (χ0n) is 11.9. The van der Waals surface area contributed by atoms with Crippen molar-refractivity contribution >= 4 is 5.69 Å². The number of rotatable bonds is 3. The Morgan fingerprint density at radius 3 is 2.32 bits per heavy atom. The van der Waals surface area contributed by atoms with Crippen LogP contribution in [0.15, 0.2) is 72.8 Å². The topological polar surface area (TPSA) is 59.0 Å². The van der Waals surface area contributed by atoms with Gasteiger partial charge in [-0.15, -0.1) is 0 Å². The molecule has 0 aliphatic heterocycles. The Bertz CT molecular complexity index is 836. The SMILES string of the molecule is N#Cc1cc(N)ccc1Oc1ccccc1-c1ccccc1. The van der Waals surface area contributed by atoms with E-state index in [1.807, 2.05) is 54.6 Å². The summed E-state index contributed by atoms with van der Waals surface area (Å²) < 4.78 is 5.96. The lowest BCUT2D eigenvalue weighted by Crippen LogP contribution is -1.93. The first-order valence-corrected chi connectivity index (χ1v) is 6.90. The van der Waals surface area contributed by atoms with Crippen molar-refractivity contribution in [2.24, 2.45) is 0 Å². The van der Waals surface area contributed by atoms with Crippen molar-refractivity contribution in [2.75, 3.05) is 5.73 Å². The zero-order valence-corrected chi connectivity index (χ0v) is 11.9. The highest BCUT2D eigenvalue weighted by molar-refractivity contribution is 5.71. The standard InChI is InChI=1S/C19H14N2O/c20-13-15-12-16(21)10-11-18(15)22-19-9-5-4-8-17(19)14-6-2-1-3-7-14/h1-12H,21H2. The van der Waals surface area contributed by atoms with Crippen LogP contribution in [-0.2, 0) is 0 Å². The summed E-state index contributed by atoms with van der Waals surface area (Å²) in [7, 11) is 0. The Morgan fingerprint density at radius 1 is 0.818 bits per heavy atom. The molecule has 3 nitrogen and oxygen atoms in total. The predicted octanol–water partition coefficient (Wildman–Crippen LogP) is 4.60. The van der Waals surface area contributed by atoms with Crippen molar-refractivity contribution in [1.82, 2.24) is 0 Å². The Labute approximate surface area is 129 Å². The molecule has 0 radical (unpaired) electrons. The molecule has 2 N–H and O–H groups in total. The van der Waals surface area contributed by atoms with Crippen LogP contribution < -0.4 is 10.5 Å². The Balaban J connectivity index is 2.03. The van der Waals surface area contributed by atoms with E-state index in [1.54, 1.807) is 18.2 Å². The summed E-state index contributed by atoms with van der Waals surface area (Å²) in [6.45, 7) is 0. The molecule has 0 aromatic heterocycles. The third-order valence-electron chi connectivity index (χ3n) is 3.32. The second kappa shape index (κ2) is 6.02. The van der Waals surface area contributed by atoms with E-state index in [2.05, 4.69) is 6.07 Å². The minimum absolute atomic E-state index is 0.419. The van der Waals surface area contributed by atoms with Crippen LogP contribution in [-0.4, -0.2) is 0 Å². The van der Waals surface area contributed by atoms with E-state index in [-0.39, 0.29) is 0 Å². The molecule has 0 bridgehead atoms. The lowest BCUT2D eigenvalue weighted by molar-refractivity contribution is 0.483. The molecular weight excluding hydrogens is 272 g/mol. The molecule has 0 spiro atoms. The van der Waals surface area contributed by atoms with Crippen molar-refractivity contribution in [3.63, 3.8) is 0 Å². The quantitative estimate of drug-likeness (QED) is 0.716. The monoisotopic (exact) mass is 286 g/mol. The molecule has 0 aliphatic rings. The Kier molecular flexibility index (Phi) is 3.76. The second-order valence-electron chi connectivity index (χ2n) is 4.83. The van der Waals surface area contributed by atoms with E-state index < -0.39 is 0 Å². The van der Waals surface area contributed by atoms with E-state index in [0.717, 1.165) is 11.1 Å². The first-order chi connectivity index (χ1) is 10.8. The highest BCUT2D eigenvalue weighted by atomic mass is 16.5. The average molecular weight is 286 g/mol. The van der Waals surface area contributed by atoms with Gasteiger partial charge in [0.15, 0.2) is 0 Å². The van der Waals surface area contributed by atoms with Gasteiger partial charge >= 0.3 is 0 Å². The number of hydrogen-bond acceptors (Lipinski definition) is 3. The smallest absolute Gasteiger partial charge is 0.145 e. The van der Waals surface area contributed by atoms with Crippen molar-refractivity contribution in [3.05, 3.63) is 78.4 Å². The van der Waals surface area contributed by atoms with Crippen molar-refractivity contribution in [2.45, 2.75) is 0 Å². The fourth-order valence-electron chi connectivity index (χ4n) is 2.25. The summed E-state index contributed by atoms with van der Waals surface area (Å²) in [6, 6.07) is 24.9. The molecule has 0 amide bonds. The van der Waals surface area contributed by atoms with Crippen LogP contribution >= 0.6 is 0 Å². The van der Waals surface area contributed by atoms with E-state index in [0.29, 0.717) is 22.7 Å². The number of benzene rings is 3. The van der Waals surface area contributed by atoms with Gasteiger partial charge in [0.2, 0.25) is 0 Å². The van der Waals surface area contributed by atoms with Crippen LogP contribution in [0.5, 0.6) is 11.5 Å². The molecule has 3 heteroatoms. The van der Waals surface area contributed by atoms with Crippen molar-refractivity contribution in [3.8, 4) is 28.7 Å². The van der Waals surface area contributed by atoms with E-state index in [9.17, 15) is 5.26 Å². The fourth-order valence-corrected chi connectivity index (χ4v) is 2.25.